The van der Waals surface area contributed by atoms with Crippen LogP contribution in [-0.2, 0) is 0 Å². The predicted molar refractivity (Wildman–Crippen MR) is 111 cm³/mol. The minimum atomic E-state index is 0.160. The second-order valence-corrected chi connectivity index (χ2v) is 7.82. The van der Waals surface area contributed by atoms with Gasteiger partial charge in [-0.2, -0.15) is 0 Å². The van der Waals surface area contributed by atoms with Crippen molar-refractivity contribution in [2.45, 2.75) is 25.3 Å². The Kier molecular flexibility index (Phi) is 4.54. The number of rotatable bonds is 3. The molecule has 0 aromatic carbocycles. The van der Waals surface area contributed by atoms with Crippen molar-refractivity contribution in [1.29, 1.82) is 0 Å². The molecule has 0 N–H and O–H groups in total. The summed E-state index contributed by atoms with van der Waals surface area (Å²) in [7, 11) is 1.93. The number of nitrogens with zero attached hydrogens (tertiary/aromatic N) is 7. The highest BCUT2D eigenvalue weighted by atomic mass is 16.2. The van der Waals surface area contributed by atoms with Crippen LogP contribution in [0.5, 0.6) is 0 Å². The lowest BCUT2D eigenvalue weighted by Crippen LogP contribution is -2.46. The second kappa shape index (κ2) is 7.35. The number of aromatic nitrogens is 4. The van der Waals surface area contributed by atoms with Crippen molar-refractivity contribution >= 4 is 17.5 Å². The zero-order valence-electron chi connectivity index (χ0n) is 16.6. The van der Waals surface area contributed by atoms with Crippen LogP contribution in [0.15, 0.2) is 42.9 Å². The Morgan fingerprint density at radius 3 is 2.69 bits per heavy atom. The summed E-state index contributed by atoms with van der Waals surface area (Å²) in [5.41, 5.74) is 2.80. The van der Waals surface area contributed by atoms with Gasteiger partial charge in [-0.25, -0.2) is 14.3 Å². The van der Waals surface area contributed by atoms with Crippen LogP contribution in [0.4, 0.5) is 10.6 Å². The van der Waals surface area contributed by atoms with Gasteiger partial charge in [0.25, 0.3) is 0 Å². The summed E-state index contributed by atoms with van der Waals surface area (Å²) in [5, 5.41) is 4.86. The first-order valence-electron chi connectivity index (χ1n) is 10.2. The third-order valence-electron chi connectivity index (χ3n) is 6.04. The summed E-state index contributed by atoms with van der Waals surface area (Å²) < 4.78 is 1.89. The fourth-order valence-corrected chi connectivity index (χ4v) is 4.31. The summed E-state index contributed by atoms with van der Waals surface area (Å²) in [4.78, 5) is 27.4. The summed E-state index contributed by atoms with van der Waals surface area (Å²) in [6, 6.07) is 8.31. The zero-order valence-corrected chi connectivity index (χ0v) is 16.6. The number of carbonyl (C=O) groups is 1. The fourth-order valence-electron chi connectivity index (χ4n) is 4.31. The molecule has 8 nitrogen and oxygen atoms in total. The zero-order chi connectivity index (χ0) is 19.8. The van der Waals surface area contributed by atoms with Gasteiger partial charge in [0.15, 0.2) is 5.65 Å². The van der Waals surface area contributed by atoms with E-state index in [1.54, 1.807) is 12.4 Å². The van der Waals surface area contributed by atoms with E-state index in [9.17, 15) is 4.79 Å². The van der Waals surface area contributed by atoms with Gasteiger partial charge in [0, 0.05) is 51.2 Å². The lowest BCUT2D eigenvalue weighted by atomic mass is 10.2. The highest BCUT2D eigenvalue weighted by Crippen LogP contribution is 2.25. The van der Waals surface area contributed by atoms with Crippen molar-refractivity contribution in [3.05, 3.63) is 42.9 Å². The van der Waals surface area contributed by atoms with Gasteiger partial charge in [-0.15, -0.1) is 5.10 Å². The fraction of sp³-hybridized carbons (Fsp3) is 0.429. The monoisotopic (exact) mass is 391 g/mol. The van der Waals surface area contributed by atoms with Gasteiger partial charge in [-0.3, -0.25) is 4.98 Å². The Morgan fingerprint density at radius 2 is 1.90 bits per heavy atom. The molecule has 5 heterocycles. The lowest BCUT2D eigenvalue weighted by molar-refractivity contribution is 0.159. The summed E-state index contributed by atoms with van der Waals surface area (Å²) >= 11 is 0. The number of likely N-dealkylation sites (N-methyl/N-ethyl adjacent to an activating group) is 1. The molecule has 0 saturated carbocycles. The average Bonchev–Trinajstić information content (AvgIpc) is 3.53. The van der Waals surface area contributed by atoms with Gasteiger partial charge in [-0.05, 0) is 43.5 Å². The Labute approximate surface area is 169 Å². The first kappa shape index (κ1) is 17.9. The molecular weight excluding hydrogens is 366 g/mol. The van der Waals surface area contributed by atoms with Crippen LogP contribution in [0, 0.1) is 0 Å². The molecule has 2 aliphatic heterocycles. The van der Waals surface area contributed by atoms with E-state index in [0.29, 0.717) is 0 Å². The molecule has 5 rings (SSSR count). The van der Waals surface area contributed by atoms with Gasteiger partial charge in [-0.1, -0.05) is 0 Å². The van der Waals surface area contributed by atoms with E-state index in [1.165, 1.54) is 0 Å². The Morgan fingerprint density at radius 1 is 1.10 bits per heavy atom. The van der Waals surface area contributed by atoms with Gasteiger partial charge in [0.1, 0.15) is 5.82 Å². The Bertz CT molecular complexity index is 1010. The first-order valence-corrected chi connectivity index (χ1v) is 10.2. The molecule has 8 heteroatoms. The van der Waals surface area contributed by atoms with E-state index in [4.69, 9.17) is 5.10 Å². The number of hydrogen-bond acceptors (Lipinski definition) is 5. The van der Waals surface area contributed by atoms with E-state index < -0.39 is 0 Å². The van der Waals surface area contributed by atoms with Crippen LogP contribution in [0.3, 0.4) is 0 Å². The number of hydrogen-bond donors (Lipinski definition) is 0. The molecule has 2 amide bonds. The Balaban J connectivity index is 1.35. The maximum atomic E-state index is 12.7. The number of amides is 2. The number of fused-ring (bicyclic) bond motifs is 1. The molecule has 2 saturated heterocycles. The van der Waals surface area contributed by atoms with Crippen molar-refractivity contribution in [2.75, 3.05) is 38.1 Å². The number of likely N-dealkylation sites (tertiary alicyclic amines) is 1. The molecular formula is C21H25N7O. The molecule has 3 aromatic rings. The lowest BCUT2D eigenvalue weighted by Gasteiger charge is -2.29. The number of pyridine rings is 1. The van der Waals surface area contributed by atoms with Gasteiger partial charge in [0.2, 0.25) is 0 Å². The molecule has 0 radical (unpaired) electrons. The highest BCUT2D eigenvalue weighted by Gasteiger charge is 2.32. The number of anilines is 1. The molecule has 0 aliphatic carbocycles. The largest absolute Gasteiger partial charge is 0.353 e. The van der Waals surface area contributed by atoms with E-state index in [1.807, 2.05) is 51.8 Å². The standard InChI is InChI=1S/C21H25N7O/c1-25(21(29)26-11-2-3-12-26)17-8-13-27(15-17)20-5-4-19-23-14-18(28(19)24-20)16-6-9-22-10-7-16/h4-7,9-10,14,17H,2-3,8,11-13,15H2,1H3/t17-/m0/s1. The SMILES string of the molecule is CN(C(=O)N1CCCC1)[C@H]1CCN(c2ccc3ncc(-c4ccncc4)n3n2)C1. The Hall–Kier alpha value is -3.16. The van der Waals surface area contributed by atoms with Crippen LogP contribution in [0.2, 0.25) is 0 Å². The van der Waals surface area contributed by atoms with E-state index >= 15 is 0 Å². The maximum Gasteiger partial charge on any atom is 0.320 e. The maximum absolute atomic E-state index is 12.7. The molecule has 0 bridgehead atoms. The predicted octanol–water partition coefficient (Wildman–Crippen LogP) is 2.52. The van der Waals surface area contributed by atoms with Crippen molar-refractivity contribution in [1.82, 2.24) is 29.4 Å². The van der Waals surface area contributed by atoms with E-state index in [2.05, 4.69) is 14.9 Å². The van der Waals surface area contributed by atoms with Crippen molar-refractivity contribution in [2.24, 2.45) is 0 Å². The number of imidazole rings is 1. The number of urea groups is 1. The van der Waals surface area contributed by atoms with Crippen LogP contribution in [0.25, 0.3) is 16.9 Å². The third kappa shape index (κ3) is 3.28. The topological polar surface area (TPSA) is 69.9 Å². The quantitative estimate of drug-likeness (QED) is 0.686. The molecule has 0 unspecified atom stereocenters. The normalized spacial score (nSPS) is 19.3. The first-order chi connectivity index (χ1) is 14.2. The molecule has 1 atom stereocenters. The van der Waals surface area contributed by atoms with Gasteiger partial charge in [0.05, 0.1) is 17.9 Å². The van der Waals surface area contributed by atoms with E-state index in [-0.39, 0.29) is 12.1 Å². The van der Waals surface area contributed by atoms with Crippen LogP contribution in [0.1, 0.15) is 19.3 Å². The smallest absolute Gasteiger partial charge is 0.320 e. The number of carbonyl (C=O) groups excluding carboxylic acids is 1. The molecule has 0 spiro atoms. The molecule has 2 fully saturated rings. The van der Waals surface area contributed by atoms with Crippen molar-refractivity contribution < 1.29 is 4.79 Å². The summed E-state index contributed by atoms with van der Waals surface area (Å²) in [6.45, 7) is 3.46. The molecule has 2 aliphatic rings. The van der Waals surface area contributed by atoms with Gasteiger partial charge >= 0.3 is 6.03 Å². The highest BCUT2D eigenvalue weighted by molar-refractivity contribution is 5.75. The van der Waals surface area contributed by atoms with Crippen LogP contribution < -0.4 is 4.90 Å². The molecule has 3 aromatic heterocycles. The van der Waals surface area contributed by atoms with Crippen molar-refractivity contribution in [3.8, 4) is 11.3 Å². The van der Waals surface area contributed by atoms with Crippen LogP contribution in [-0.4, -0.2) is 74.7 Å². The second-order valence-electron chi connectivity index (χ2n) is 7.82. The van der Waals surface area contributed by atoms with E-state index in [0.717, 1.165) is 68.2 Å². The third-order valence-corrected chi connectivity index (χ3v) is 6.04. The molecule has 29 heavy (non-hydrogen) atoms. The average molecular weight is 391 g/mol. The van der Waals surface area contributed by atoms with Crippen molar-refractivity contribution in [3.63, 3.8) is 0 Å². The van der Waals surface area contributed by atoms with Gasteiger partial charge < -0.3 is 14.7 Å². The van der Waals surface area contributed by atoms with Crippen LogP contribution >= 0.6 is 0 Å². The summed E-state index contributed by atoms with van der Waals surface area (Å²) in [6.07, 6.45) is 8.58. The summed E-state index contributed by atoms with van der Waals surface area (Å²) in [5.74, 6) is 0.912. The minimum absolute atomic E-state index is 0.160. The minimum Gasteiger partial charge on any atom is -0.353 e. The molecule has 150 valence electrons.